The van der Waals surface area contributed by atoms with Crippen molar-refractivity contribution in [1.82, 2.24) is 9.62 Å². The molecule has 8 heteroatoms. The highest BCUT2D eigenvalue weighted by Gasteiger charge is 2.35. The Bertz CT molecular complexity index is 648. The van der Waals surface area contributed by atoms with Crippen molar-refractivity contribution in [2.45, 2.75) is 23.8 Å². The summed E-state index contributed by atoms with van der Waals surface area (Å²) in [6.07, 6.45) is 1.67. The first kappa shape index (κ1) is 16.4. The molecule has 1 heterocycles. The molecule has 1 unspecified atom stereocenters. The molecule has 1 atom stereocenters. The van der Waals surface area contributed by atoms with E-state index in [9.17, 15) is 13.2 Å². The minimum Gasteiger partial charge on any atom is -0.366 e. The zero-order chi connectivity index (χ0) is 15.6. The van der Waals surface area contributed by atoms with Gasteiger partial charge >= 0.3 is 0 Å². The van der Waals surface area contributed by atoms with Crippen LogP contribution in [0.25, 0.3) is 0 Å². The van der Waals surface area contributed by atoms with Crippen LogP contribution in [-0.4, -0.2) is 44.8 Å². The van der Waals surface area contributed by atoms with Gasteiger partial charge in [-0.05, 0) is 38.1 Å². The van der Waals surface area contributed by atoms with E-state index in [1.54, 1.807) is 7.05 Å². The molecule has 0 spiro atoms. The number of primary amides is 1. The van der Waals surface area contributed by atoms with Crippen LogP contribution < -0.4 is 11.1 Å². The lowest BCUT2D eigenvalue weighted by atomic mass is 10.2. The fourth-order valence-electron chi connectivity index (χ4n) is 2.55. The predicted molar refractivity (Wildman–Crippen MR) is 83.5 cm³/mol. The number of halogens is 1. The van der Waals surface area contributed by atoms with Crippen molar-refractivity contribution in [1.29, 1.82) is 0 Å². The van der Waals surface area contributed by atoms with Gasteiger partial charge in [0.15, 0.2) is 0 Å². The number of nitrogens with zero attached hydrogens (tertiary/aromatic N) is 1. The molecule has 1 aromatic rings. The Morgan fingerprint density at radius 1 is 1.48 bits per heavy atom. The fourth-order valence-corrected chi connectivity index (χ4v) is 4.96. The number of likely N-dealkylation sites (N-methyl/N-ethyl adjacent to an activating group) is 1. The minimum absolute atomic E-state index is 0.0593. The van der Waals surface area contributed by atoms with E-state index in [4.69, 9.17) is 5.73 Å². The smallest absolute Gasteiger partial charge is 0.248 e. The molecule has 2 rings (SSSR count). The van der Waals surface area contributed by atoms with Crippen LogP contribution >= 0.6 is 15.9 Å². The van der Waals surface area contributed by atoms with E-state index in [2.05, 4.69) is 21.2 Å². The first-order valence-electron chi connectivity index (χ1n) is 6.63. The van der Waals surface area contributed by atoms with Crippen molar-refractivity contribution in [3.05, 3.63) is 28.2 Å². The summed E-state index contributed by atoms with van der Waals surface area (Å²) in [5.41, 5.74) is 5.42. The van der Waals surface area contributed by atoms with Gasteiger partial charge in [-0.1, -0.05) is 15.9 Å². The molecule has 6 nitrogen and oxygen atoms in total. The molecule has 0 radical (unpaired) electrons. The second kappa shape index (κ2) is 6.43. The van der Waals surface area contributed by atoms with E-state index in [1.165, 1.54) is 22.5 Å². The SMILES string of the molecule is CNCC1CCCN1S(=O)(=O)c1cc(Br)cc(C(N)=O)c1. The van der Waals surface area contributed by atoms with Gasteiger partial charge in [0, 0.05) is 29.2 Å². The van der Waals surface area contributed by atoms with Crippen LogP contribution in [0.5, 0.6) is 0 Å². The number of amides is 1. The molecule has 1 amide bonds. The normalized spacial score (nSPS) is 19.8. The number of benzene rings is 1. The lowest BCUT2D eigenvalue weighted by Gasteiger charge is -2.24. The van der Waals surface area contributed by atoms with Gasteiger partial charge in [-0.25, -0.2) is 8.42 Å². The maximum atomic E-state index is 12.8. The molecule has 116 valence electrons. The summed E-state index contributed by atoms with van der Waals surface area (Å²) in [6, 6.07) is 4.28. The lowest BCUT2D eigenvalue weighted by molar-refractivity contribution is 0.1000. The van der Waals surface area contributed by atoms with Gasteiger partial charge in [-0.15, -0.1) is 0 Å². The molecule has 21 heavy (non-hydrogen) atoms. The third-order valence-electron chi connectivity index (χ3n) is 3.53. The monoisotopic (exact) mass is 375 g/mol. The third kappa shape index (κ3) is 3.45. The van der Waals surface area contributed by atoms with Crippen molar-refractivity contribution < 1.29 is 13.2 Å². The molecule has 3 N–H and O–H groups in total. The third-order valence-corrected chi connectivity index (χ3v) is 5.91. The zero-order valence-corrected chi connectivity index (χ0v) is 14.1. The van der Waals surface area contributed by atoms with Crippen LogP contribution in [0.15, 0.2) is 27.6 Å². The second-order valence-electron chi connectivity index (χ2n) is 5.01. The average Bonchev–Trinajstić information content (AvgIpc) is 2.87. The van der Waals surface area contributed by atoms with E-state index in [0.717, 1.165) is 12.8 Å². The molecular formula is C13H18BrN3O3S. The van der Waals surface area contributed by atoms with Crippen molar-refractivity contribution in [3.8, 4) is 0 Å². The molecule has 0 aromatic heterocycles. The van der Waals surface area contributed by atoms with E-state index < -0.39 is 15.9 Å². The standard InChI is InChI=1S/C13H18BrN3O3S/c1-16-8-11-3-2-4-17(11)21(19,20)12-6-9(13(15)18)5-10(14)7-12/h5-7,11,16H,2-4,8H2,1H3,(H2,15,18). The van der Waals surface area contributed by atoms with Gasteiger partial charge in [-0.2, -0.15) is 4.31 Å². The van der Waals surface area contributed by atoms with Gasteiger partial charge in [0.1, 0.15) is 0 Å². The number of hydrogen-bond donors (Lipinski definition) is 2. The van der Waals surface area contributed by atoms with Gasteiger partial charge < -0.3 is 11.1 Å². The van der Waals surface area contributed by atoms with E-state index in [-0.39, 0.29) is 16.5 Å². The summed E-state index contributed by atoms with van der Waals surface area (Å²) in [4.78, 5) is 11.4. The van der Waals surface area contributed by atoms with Gasteiger partial charge in [0.05, 0.1) is 4.90 Å². The van der Waals surface area contributed by atoms with Crippen LogP contribution in [-0.2, 0) is 10.0 Å². The summed E-state index contributed by atoms with van der Waals surface area (Å²) in [5.74, 6) is -0.652. The Hall–Kier alpha value is -0.960. The summed E-state index contributed by atoms with van der Waals surface area (Å²) in [6.45, 7) is 1.10. The zero-order valence-electron chi connectivity index (χ0n) is 11.7. The molecule has 0 bridgehead atoms. The molecule has 1 aliphatic heterocycles. The largest absolute Gasteiger partial charge is 0.366 e. The number of rotatable bonds is 5. The number of hydrogen-bond acceptors (Lipinski definition) is 4. The van der Waals surface area contributed by atoms with Crippen LogP contribution in [0, 0.1) is 0 Å². The number of nitrogens with one attached hydrogen (secondary N) is 1. The molecule has 1 aromatic carbocycles. The van der Waals surface area contributed by atoms with Gasteiger partial charge in [0.25, 0.3) is 0 Å². The summed E-state index contributed by atoms with van der Waals surface area (Å²) in [7, 11) is -1.83. The highest BCUT2D eigenvalue weighted by atomic mass is 79.9. The summed E-state index contributed by atoms with van der Waals surface area (Å²) in [5, 5.41) is 3.01. The Morgan fingerprint density at radius 2 is 2.19 bits per heavy atom. The summed E-state index contributed by atoms with van der Waals surface area (Å²) >= 11 is 3.23. The van der Waals surface area contributed by atoms with Gasteiger partial charge in [-0.3, -0.25) is 4.79 Å². The first-order chi connectivity index (χ1) is 9.86. The van der Waals surface area contributed by atoms with E-state index in [0.29, 0.717) is 17.6 Å². The highest BCUT2D eigenvalue weighted by Crippen LogP contribution is 2.28. The molecule has 0 aliphatic carbocycles. The molecule has 0 saturated carbocycles. The van der Waals surface area contributed by atoms with Crippen LogP contribution in [0.3, 0.4) is 0 Å². The Kier molecular flexibility index (Phi) is 5.03. The maximum absolute atomic E-state index is 12.8. The fraction of sp³-hybridized carbons (Fsp3) is 0.462. The minimum atomic E-state index is -3.63. The Morgan fingerprint density at radius 3 is 2.81 bits per heavy atom. The molecule has 1 fully saturated rings. The molecule has 1 aliphatic rings. The second-order valence-corrected chi connectivity index (χ2v) is 7.82. The lowest BCUT2D eigenvalue weighted by Crippen LogP contribution is -2.40. The first-order valence-corrected chi connectivity index (χ1v) is 8.86. The maximum Gasteiger partial charge on any atom is 0.248 e. The number of nitrogens with two attached hydrogens (primary N) is 1. The van der Waals surface area contributed by atoms with Crippen LogP contribution in [0.1, 0.15) is 23.2 Å². The highest BCUT2D eigenvalue weighted by molar-refractivity contribution is 9.10. The quantitative estimate of drug-likeness (QED) is 0.800. The molecule has 1 saturated heterocycles. The van der Waals surface area contributed by atoms with Crippen LogP contribution in [0.4, 0.5) is 0 Å². The predicted octanol–water partition coefficient (Wildman–Crippen LogP) is 0.920. The number of sulfonamides is 1. The average molecular weight is 376 g/mol. The topological polar surface area (TPSA) is 92.5 Å². The van der Waals surface area contributed by atoms with E-state index >= 15 is 0 Å². The summed E-state index contributed by atoms with van der Waals surface area (Å²) < 4.78 is 27.6. The number of carbonyl (C=O) groups is 1. The van der Waals surface area contributed by atoms with Gasteiger partial charge in [0.2, 0.25) is 15.9 Å². The van der Waals surface area contributed by atoms with Crippen molar-refractivity contribution in [2.24, 2.45) is 5.73 Å². The van der Waals surface area contributed by atoms with Crippen molar-refractivity contribution in [2.75, 3.05) is 20.1 Å². The Labute approximate surface area is 132 Å². The number of carbonyl (C=O) groups excluding carboxylic acids is 1. The Balaban J connectivity index is 2.42. The van der Waals surface area contributed by atoms with E-state index in [1.807, 2.05) is 0 Å². The molecular weight excluding hydrogens is 358 g/mol. The van der Waals surface area contributed by atoms with Crippen molar-refractivity contribution >= 4 is 31.9 Å². The van der Waals surface area contributed by atoms with Crippen LogP contribution in [0.2, 0.25) is 0 Å². The van der Waals surface area contributed by atoms with Crippen molar-refractivity contribution in [3.63, 3.8) is 0 Å².